The molecule has 0 aromatic heterocycles. The molecule has 0 bridgehead atoms. The Hall–Kier alpha value is -1.49. The molecule has 0 saturated heterocycles. The van der Waals surface area contributed by atoms with Gasteiger partial charge in [-0.15, -0.1) is 0 Å². The van der Waals surface area contributed by atoms with E-state index in [1.54, 1.807) is 0 Å². The number of ether oxygens (including phenoxy) is 2. The first kappa shape index (κ1) is 14.6. The molecule has 0 aliphatic heterocycles. The molecule has 0 radical (unpaired) electrons. The predicted octanol–water partition coefficient (Wildman–Crippen LogP) is 2.93. The molecule has 0 amide bonds. The summed E-state index contributed by atoms with van der Waals surface area (Å²) in [5, 5.41) is 9.61. The zero-order chi connectivity index (χ0) is 13.8. The van der Waals surface area contributed by atoms with Gasteiger partial charge in [0, 0.05) is 14.1 Å². The van der Waals surface area contributed by atoms with Gasteiger partial charge in [-0.3, -0.25) is 4.79 Å². The van der Waals surface area contributed by atoms with E-state index in [0.29, 0.717) is 24.4 Å². The third-order valence-electron chi connectivity index (χ3n) is 2.55. The monoisotopic (exact) mass is 268 g/mol. The highest BCUT2D eigenvalue weighted by Gasteiger charge is 2.15. The van der Waals surface area contributed by atoms with E-state index >= 15 is 0 Å². The normalized spacial score (nSPS) is 11.1. The highest BCUT2D eigenvalue weighted by molar-refractivity contribution is 6.76. The van der Waals surface area contributed by atoms with E-state index in [4.69, 9.17) is 9.47 Å². The predicted molar refractivity (Wildman–Crippen MR) is 73.7 cm³/mol. The van der Waals surface area contributed by atoms with E-state index < -0.39 is 8.07 Å². The molecule has 0 spiro atoms. The van der Waals surface area contributed by atoms with Crippen LogP contribution in [0.2, 0.25) is 25.7 Å². The standard InChI is InChI=1S/C13H20O4Si/c1-16-12-7-10(9-14)11(15)8-13(12)17-5-6-18(2,3)4/h7-9,15H,5-6H2,1-4H3. The molecule has 1 aromatic carbocycles. The minimum absolute atomic E-state index is 0.0891. The van der Waals surface area contributed by atoms with Crippen molar-refractivity contribution in [1.82, 2.24) is 0 Å². The number of carbonyl (C=O) groups excluding carboxylic acids is 1. The smallest absolute Gasteiger partial charge is 0.164 e. The summed E-state index contributed by atoms with van der Waals surface area (Å²) in [5.74, 6) is 0.845. The lowest BCUT2D eigenvalue weighted by Crippen LogP contribution is -2.22. The van der Waals surface area contributed by atoms with Gasteiger partial charge in [0.2, 0.25) is 0 Å². The highest BCUT2D eigenvalue weighted by atomic mass is 28.3. The van der Waals surface area contributed by atoms with E-state index in [9.17, 15) is 9.90 Å². The van der Waals surface area contributed by atoms with Crippen LogP contribution in [0.5, 0.6) is 17.2 Å². The van der Waals surface area contributed by atoms with Gasteiger partial charge in [0.05, 0.1) is 19.3 Å². The van der Waals surface area contributed by atoms with Crippen LogP contribution in [0.25, 0.3) is 0 Å². The van der Waals surface area contributed by atoms with Crippen LogP contribution < -0.4 is 9.47 Å². The van der Waals surface area contributed by atoms with E-state index in [1.165, 1.54) is 19.2 Å². The summed E-state index contributed by atoms with van der Waals surface area (Å²) < 4.78 is 10.8. The Kier molecular flexibility index (Phi) is 4.78. The summed E-state index contributed by atoms with van der Waals surface area (Å²) in [4.78, 5) is 10.7. The number of benzene rings is 1. The number of carbonyl (C=O) groups is 1. The number of phenolic OH excluding ortho intramolecular Hbond substituents is 1. The first-order valence-corrected chi connectivity index (χ1v) is 9.57. The van der Waals surface area contributed by atoms with Gasteiger partial charge >= 0.3 is 0 Å². The fourth-order valence-electron chi connectivity index (χ4n) is 1.40. The average Bonchev–Trinajstić information content (AvgIpc) is 2.27. The van der Waals surface area contributed by atoms with Gasteiger partial charge in [0.25, 0.3) is 0 Å². The molecule has 1 aromatic rings. The molecular weight excluding hydrogens is 248 g/mol. The van der Waals surface area contributed by atoms with Crippen LogP contribution in [-0.2, 0) is 0 Å². The third-order valence-corrected chi connectivity index (χ3v) is 4.25. The molecule has 18 heavy (non-hydrogen) atoms. The van der Waals surface area contributed by atoms with Crippen LogP contribution in [0, 0.1) is 0 Å². The van der Waals surface area contributed by atoms with Crippen molar-refractivity contribution in [2.75, 3.05) is 13.7 Å². The molecule has 100 valence electrons. The molecular formula is C13H20O4Si. The number of rotatable bonds is 6. The topological polar surface area (TPSA) is 55.8 Å². The summed E-state index contributed by atoms with van der Waals surface area (Å²) >= 11 is 0. The molecule has 0 saturated carbocycles. The second kappa shape index (κ2) is 5.91. The van der Waals surface area contributed by atoms with Crippen molar-refractivity contribution in [3.63, 3.8) is 0 Å². The number of methoxy groups -OCH3 is 1. The van der Waals surface area contributed by atoms with E-state index in [1.807, 2.05) is 0 Å². The molecule has 0 aliphatic carbocycles. The number of hydrogen-bond acceptors (Lipinski definition) is 4. The zero-order valence-corrected chi connectivity index (χ0v) is 12.3. The third kappa shape index (κ3) is 4.07. The molecule has 0 unspecified atom stereocenters. The fourth-order valence-corrected chi connectivity index (χ4v) is 2.11. The number of aldehydes is 1. The minimum Gasteiger partial charge on any atom is -0.507 e. The molecule has 1 rings (SSSR count). The van der Waals surface area contributed by atoms with Gasteiger partial charge in [-0.2, -0.15) is 0 Å². The lowest BCUT2D eigenvalue weighted by atomic mass is 10.2. The minimum atomic E-state index is -1.15. The summed E-state index contributed by atoms with van der Waals surface area (Å²) in [6, 6.07) is 3.92. The van der Waals surface area contributed by atoms with Crippen LogP contribution in [0.1, 0.15) is 10.4 Å². The van der Waals surface area contributed by atoms with E-state index in [2.05, 4.69) is 19.6 Å². The van der Waals surface area contributed by atoms with Gasteiger partial charge in [-0.05, 0) is 12.1 Å². The highest BCUT2D eigenvalue weighted by Crippen LogP contribution is 2.33. The van der Waals surface area contributed by atoms with Crippen molar-refractivity contribution in [3.8, 4) is 17.2 Å². The quantitative estimate of drug-likeness (QED) is 0.636. The van der Waals surface area contributed by atoms with Gasteiger partial charge in [0.15, 0.2) is 17.8 Å². The van der Waals surface area contributed by atoms with Crippen molar-refractivity contribution in [2.24, 2.45) is 0 Å². The summed E-state index contributed by atoms with van der Waals surface area (Å²) in [6.45, 7) is 7.38. The van der Waals surface area contributed by atoms with E-state index in [-0.39, 0.29) is 11.3 Å². The Morgan fingerprint density at radius 2 is 1.94 bits per heavy atom. The van der Waals surface area contributed by atoms with Crippen LogP contribution in [0.3, 0.4) is 0 Å². The zero-order valence-electron chi connectivity index (χ0n) is 11.3. The molecule has 0 fully saturated rings. The Balaban J connectivity index is 2.82. The number of phenols is 1. The summed E-state index contributed by atoms with van der Waals surface area (Å²) in [5.41, 5.74) is 0.199. The fraction of sp³-hybridized carbons (Fsp3) is 0.462. The second-order valence-electron chi connectivity index (χ2n) is 5.34. The average molecular weight is 268 g/mol. The van der Waals surface area contributed by atoms with Gasteiger partial charge in [-0.1, -0.05) is 19.6 Å². The lowest BCUT2D eigenvalue weighted by Gasteiger charge is -2.17. The Bertz CT molecular complexity index is 424. The van der Waals surface area contributed by atoms with Crippen molar-refractivity contribution in [3.05, 3.63) is 17.7 Å². The van der Waals surface area contributed by atoms with Crippen LogP contribution >= 0.6 is 0 Å². The van der Waals surface area contributed by atoms with Crippen molar-refractivity contribution in [1.29, 1.82) is 0 Å². The first-order chi connectivity index (χ1) is 8.37. The molecule has 1 N–H and O–H groups in total. The first-order valence-electron chi connectivity index (χ1n) is 5.86. The van der Waals surface area contributed by atoms with Crippen LogP contribution in [-0.4, -0.2) is 33.2 Å². The molecule has 0 aliphatic rings. The van der Waals surface area contributed by atoms with Gasteiger partial charge in [0.1, 0.15) is 5.75 Å². The maximum Gasteiger partial charge on any atom is 0.164 e. The maximum absolute atomic E-state index is 10.7. The van der Waals surface area contributed by atoms with Crippen LogP contribution in [0.15, 0.2) is 12.1 Å². The van der Waals surface area contributed by atoms with E-state index in [0.717, 1.165) is 6.04 Å². The molecule has 4 nitrogen and oxygen atoms in total. The molecule has 5 heteroatoms. The second-order valence-corrected chi connectivity index (χ2v) is 11.0. The van der Waals surface area contributed by atoms with Crippen molar-refractivity contribution >= 4 is 14.4 Å². The van der Waals surface area contributed by atoms with Gasteiger partial charge < -0.3 is 14.6 Å². The SMILES string of the molecule is COc1cc(C=O)c(O)cc1OCC[Si](C)(C)C. The Morgan fingerprint density at radius 1 is 1.28 bits per heavy atom. The Morgan fingerprint density at radius 3 is 2.44 bits per heavy atom. The van der Waals surface area contributed by atoms with Gasteiger partial charge in [-0.25, -0.2) is 0 Å². The number of aromatic hydroxyl groups is 1. The summed E-state index contributed by atoms with van der Waals surface area (Å²) in [6.07, 6.45) is 0.587. The maximum atomic E-state index is 10.7. The molecule has 0 heterocycles. The largest absolute Gasteiger partial charge is 0.507 e. The Labute approximate surface area is 109 Å². The lowest BCUT2D eigenvalue weighted by molar-refractivity contribution is 0.112. The number of hydrogen-bond donors (Lipinski definition) is 1. The summed E-state index contributed by atoms with van der Waals surface area (Å²) in [7, 11) is 0.352. The van der Waals surface area contributed by atoms with Crippen molar-refractivity contribution < 1.29 is 19.4 Å². The van der Waals surface area contributed by atoms with Crippen molar-refractivity contribution in [2.45, 2.75) is 25.7 Å². The molecule has 0 atom stereocenters. The van der Waals surface area contributed by atoms with Crippen LogP contribution in [0.4, 0.5) is 0 Å².